The van der Waals surface area contributed by atoms with Crippen molar-refractivity contribution in [3.63, 3.8) is 0 Å². The Kier molecular flexibility index (Phi) is 6.33. The molecule has 0 aromatic heterocycles. The number of benzene rings is 2. The number of hydrogen-bond donors (Lipinski definition) is 1. The molecule has 0 radical (unpaired) electrons. The zero-order valence-electron chi connectivity index (χ0n) is 14.0. The first-order chi connectivity index (χ1) is 11.7. The summed E-state index contributed by atoms with van der Waals surface area (Å²) in [6, 6.07) is 8.59. The minimum atomic E-state index is -0.407. The molecule has 0 fully saturated rings. The molecule has 0 heterocycles. The fourth-order valence-corrected chi connectivity index (χ4v) is 3.30. The summed E-state index contributed by atoms with van der Waals surface area (Å²) >= 11 is 18.3. The minimum Gasteiger partial charge on any atom is -0.323 e. The lowest BCUT2D eigenvalue weighted by atomic mass is 10.1. The summed E-state index contributed by atoms with van der Waals surface area (Å²) in [5, 5.41) is 3.66. The monoisotopic (exact) mass is 398 g/mol. The third-order valence-electron chi connectivity index (χ3n) is 3.58. The standard InChI is InChI=1S/C18H17Cl3N2O2/c1-10-7-11(2)18(14(20)8-10)23(12(3)24)9-16(25)22-15-6-4-5-13(19)17(15)21/h4-8H,9H2,1-3H3,(H,22,25). The smallest absolute Gasteiger partial charge is 0.244 e. The van der Waals surface area contributed by atoms with Crippen LogP contribution < -0.4 is 10.2 Å². The van der Waals surface area contributed by atoms with Crippen LogP contribution in [0.1, 0.15) is 18.1 Å². The van der Waals surface area contributed by atoms with E-state index in [4.69, 9.17) is 34.8 Å². The fraction of sp³-hybridized carbons (Fsp3) is 0.222. The SMILES string of the molecule is CC(=O)N(CC(=O)Nc1cccc(Cl)c1Cl)c1c(C)cc(C)cc1Cl. The number of halogens is 3. The van der Waals surface area contributed by atoms with E-state index in [1.54, 1.807) is 24.3 Å². The molecule has 2 aromatic carbocycles. The Balaban J connectivity index is 2.27. The largest absolute Gasteiger partial charge is 0.323 e. The van der Waals surface area contributed by atoms with Gasteiger partial charge in [0.15, 0.2) is 0 Å². The van der Waals surface area contributed by atoms with Crippen LogP contribution in [0.3, 0.4) is 0 Å². The maximum atomic E-state index is 12.4. The van der Waals surface area contributed by atoms with Gasteiger partial charge in [0.2, 0.25) is 11.8 Å². The molecule has 25 heavy (non-hydrogen) atoms. The van der Waals surface area contributed by atoms with Crippen molar-refractivity contribution in [2.45, 2.75) is 20.8 Å². The molecule has 0 saturated heterocycles. The number of nitrogens with one attached hydrogen (secondary N) is 1. The van der Waals surface area contributed by atoms with E-state index in [9.17, 15) is 9.59 Å². The molecule has 2 rings (SSSR count). The van der Waals surface area contributed by atoms with Gasteiger partial charge in [0.1, 0.15) is 6.54 Å². The molecule has 0 aliphatic heterocycles. The van der Waals surface area contributed by atoms with Gasteiger partial charge in [0, 0.05) is 6.92 Å². The number of nitrogens with zero attached hydrogens (tertiary/aromatic N) is 1. The molecule has 0 unspecified atom stereocenters. The Hall–Kier alpha value is -1.75. The van der Waals surface area contributed by atoms with Crippen LogP contribution in [-0.2, 0) is 9.59 Å². The van der Waals surface area contributed by atoms with Crippen LogP contribution in [0.2, 0.25) is 15.1 Å². The van der Waals surface area contributed by atoms with Crippen molar-refractivity contribution in [2.24, 2.45) is 0 Å². The van der Waals surface area contributed by atoms with Crippen molar-refractivity contribution in [3.05, 3.63) is 56.5 Å². The average molecular weight is 400 g/mol. The topological polar surface area (TPSA) is 49.4 Å². The zero-order chi connectivity index (χ0) is 18.7. The number of rotatable bonds is 4. The first-order valence-electron chi connectivity index (χ1n) is 7.49. The fourth-order valence-electron chi connectivity index (χ4n) is 2.53. The summed E-state index contributed by atoms with van der Waals surface area (Å²) < 4.78 is 0. The molecule has 4 nitrogen and oxygen atoms in total. The maximum Gasteiger partial charge on any atom is 0.244 e. The normalized spacial score (nSPS) is 10.5. The number of carbonyl (C=O) groups excluding carboxylic acids is 2. The molecular weight excluding hydrogens is 383 g/mol. The Morgan fingerprint density at radius 1 is 1.08 bits per heavy atom. The van der Waals surface area contributed by atoms with Crippen molar-refractivity contribution in [1.29, 1.82) is 0 Å². The van der Waals surface area contributed by atoms with Crippen molar-refractivity contribution < 1.29 is 9.59 Å². The van der Waals surface area contributed by atoms with Gasteiger partial charge in [0.05, 0.1) is 26.4 Å². The highest BCUT2D eigenvalue weighted by atomic mass is 35.5. The van der Waals surface area contributed by atoms with Crippen LogP contribution >= 0.6 is 34.8 Å². The molecule has 0 spiro atoms. The van der Waals surface area contributed by atoms with E-state index in [0.717, 1.165) is 11.1 Å². The molecule has 7 heteroatoms. The number of amides is 2. The van der Waals surface area contributed by atoms with E-state index < -0.39 is 5.91 Å². The highest BCUT2D eigenvalue weighted by molar-refractivity contribution is 6.44. The van der Waals surface area contributed by atoms with Gasteiger partial charge in [-0.15, -0.1) is 0 Å². The van der Waals surface area contributed by atoms with E-state index >= 15 is 0 Å². The molecule has 0 bridgehead atoms. The molecule has 1 N–H and O–H groups in total. The second-order valence-electron chi connectivity index (χ2n) is 5.67. The number of aryl methyl sites for hydroxylation is 2. The quantitative estimate of drug-likeness (QED) is 0.763. The van der Waals surface area contributed by atoms with Gasteiger partial charge in [-0.05, 0) is 43.2 Å². The Morgan fingerprint density at radius 3 is 2.36 bits per heavy atom. The third-order valence-corrected chi connectivity index (χ3v) is 4.68. The van der Waals surface area contributed by atoms with Crippen LogP contribution in [0.15, 0.2) is 30.3 Å². The summed E-state index contributed by atoms with van der Waals surface area (Å²) in [6.07, 6.45) is 0. The lowest BCUT2D eigenvalue weighted by molar-refractivity contribution is -0.120. The van der Waals surface area contributed by atoms with Crippen LogP contribution in [0.25, 0.3) is 0 Å². The minimum absolute atomic E-state index is 0.193. The number of hydrogen-bond acceptors (Lipinski definition) is 2. The second kappa shape index (κ2) is 8.09. The Morgan fingerprint density at radius 2 is 1.76 bits per heavy atom. The Bertz CT molecular complexity index is 814. The van der Waals surface area contributed by atoms with Crippen LogP contribution in [0.5, 0.6) is 0 Å². The highest BCUT2D eigenvalue weighted by Crippen LogP contribution is 2.32. The number of anilines is 2. The Labute approximate surface area is 161 Å². The van der Waals surface area contributed by atoms with Crippen LogP contribution in [0.4, 0.5) is 11.4 Å². The number of carbonyl (C=O) groups is 2. The van der Waals surface area contributed by atoms with Crippen LogP contribution in [-0.4, -0.2) is 18.4 Å². The third kappa shape index (κ3) is 4.66. The van der Waals surface area contributed by atoms with Crippen molar-refractivity contribution in [3.8, 4) is 0 Å². The molecule has 2 amide bonds. The molecule has 0 atom stereocenters. The van der Waals surface area contributed by atoms with E-state index in [2.05, 4.69) is 5.32 Å². The lowest BCUT2D eigenvalue weighted by Crippen LogP contribution is -2.37. The maximum absolute atomic E-state index is 12.4. The highest BCUT2D eigenvalue weighted by Gasteiger charge is 2.21. The second-order valence-corrected chi connectivity index (χ2v) is 6.86. The van der Waals surface area contributed by atoms with Crippen molar-refractivity contribution in [2.75, 3.05) is 16.8 Å². The van der Waals surface area contributed by atoms with Crippen molar-refractivity contribution >= 4 is 58.0 Å². The summed E-state index contributed by atoms with van der Waals surface area (Å²) in [5.74, 6) is -0.698. The summed E-state index contributed by atoms with van der Waals surface area (Å²) in [4.78, 5) is 25.8. The molecule has 2 aromatic rings. The summed E-state index contributed by atoms with van der Waals surface area (Å²) in [7, 11) is 0. The van der Waals surface area contributed by atoms with Gasteiger partial charge in [-0.25, -0.2) is 0 Å². The van der Waals surface area contributed by atoms with Gasteiger partial charge in [-0.2, -0.15) is 0 Å². The van der Waals surface area contributed by atoms with Gasteiger partial charge < -0.3 is 10.2 Å². The van der Waals surface area contributed by atoms with Gasteiger partial charge in [-0.3, -0.25) is 9.59 Å². The molecular formula is C18H17Cl3N2O2. The molecule has 132 valence electrons. The molecule has 0 aliphatic rings. The van der Waals surface area contributed by atoms with Gasteiger partial charge >= 0.3 is 0 Å². The van der Waals surface area contributed by atoms with E-state index in [1.165, 1.54) is 11.8 Å². The van der Waals surface area contributed by atoms with Gasteiger partial charge in [-0.1, -0.05) is 46.9 Å². The predicted octanol–water partition coefficient (Wildman–Crippen LogP) is 5.26. The van der Waals surface area contributed by atoms with E-state index in [-0.39, 0.29) is 17.5 Å². The van der Waals surface area contributed by atoms with E-state index in [1.807, 2.05) is 19.9 Å². The first-order valence-corrected chi connectivity index (χ1v) is 8.62. The summed E-state index contributed by atoms with van der Waals surface area (Å²) in [6.45, 7) is 4.95. The lowest BCUT2D eigenvalue weighted by Gasteiger charge is -2.24. The zero-order valence-corrected chi connectivity index (χ0v) is 16.3. The summed E-state index contributed by atoms with van der Waals surface area (Å²) in [5.41, 5.74) is 2.69. The van der Waals surface area contributed by atoms with Crippen LogP contribution in [0, 0.1) is 13.8 Å². The predicted molar refractivity (Wildman–Crippen MR) is 104 cm³/mol. The van der Waals surface area contributed by atoms with Crippen molar-refractivity contribution in [1.82, 2.24) is 0 Å². The average Bonchev–Trinajstić information content (AvgIpc) is 2.49. The van der Waals surface area contributed by atoms with E-state index in [0.29, 0.717) is 21.4 Å². The molecule has 0 saturated carbocycles. The molecule has 0 aliphatic carbocycles. The van der Waals surface area contributed by atoms with Gasteiger partial charge in [0.25, 0.3) is 0 Å². The first kappa shape index (κ1) is 19.6.